The Morgan fingerprint density at radius 1 is 1.12 bits per heavy atom. The van der Waals surface area contributed by atoms with Crippen LogP contribution in [0.3, 0.4) is 0 Å². The van der Waals surface area contributed by atoms with Crippen molar-refractivity contribution in [3.63, 3.8) is 0 Å². The van der Waals surface area contributed by atoms with E-state index in [-0.39, 0.29) is 0 Å². The molecule has 4 aromatic rings. The van der Waals surface area contributed by atoms with E-state index in [4.69, 9.17) is 14.8 Å². The maximum atomic E-state index is 5.62. The number of aromatic nitrogens is 5. The average molecular weight is 426 g/mol. The molecule has 0 N–H and O–H groups in total. The van der Waals surface area contributed by atoms with Gasteiger partial charge in [-0.15, -0.1) is 0 Å². The van der Waals surface area contributed by atoms with E-state index in [1.54, 1.807) is 13.4 Å². The molecule has 3 heterocycles. The second-order valence-corrected chi connectivity index (χ2v) is 8.27. The second kappa shape index (κ2) is 8.83. The third-order valence-electron chi connectivity index (χ3n) is 5.95. The Kier molecular flexibility index (Phi) is 5.58. The zero-order valence-corrected chi connectivity index (χ0v) is 18.5. The second-order valence-electron chi connectivity index (χ2n) is 8.27. The van der Waals surface area contributed by atoms with Crippen LogP contribution in [-0.2, 0) is 13.0 Å². The zero-order chi connectivity index (χ0) is 21.9. The van der Waals surface area contributed by atoms with Crippen LogP contribution in [0.2, 0.25) is 0 Å². The Labute approximate surface area is 188 Å². The first kappa shape index (κ1) is 20.2. The Hall–Kier alpha value is -3.67. The SMILES string of the molecule is COc1cc(C=Cc2nc3n(n2)CCCC3Cc2ccccc2)ccc1-n1cnc(C)c1. The van der Waals surface area contributed by atoms with Crippen LogP contribution < -0.4 is 4.74 Å². The lowest BCUT2D eigenvalue weighted by Gasteiger charge is -2.22. The highest BCUT2D eigenvalue weighted by Gasteiger charge is 2.24. The summed E-state index contributed by atoms with van der Waals surface area (Å²) in [5.74, 6) is 3.07. The molecule has 0 saturated carbocycles. The molecule has 1 aliphatic rings. The van der Waals surface area contributed by atoms with Crippen molar-refractivity contribution in [3.05, 3.63) is 89.5 Å². The van der Waals surface area contributed by atoms with Crippen molar-refractivity contribution in [1.82, 2.24) is 24.3 Å². The molecule has 2 aromatic heterocycles. The molecule has 1 unspecified atom stereocenters. The topological polar surface area (TPSA) is 57.8 Å². The number of rotatable bonds is 6. The van der Waals surface area contributed by atoms with Gasteiger partial charge >= 0.3 is 0 Å². The maximum Gasteiger partial charge on any atom is 0.174 e. The van der Waals surface area contributed by atoms with E-state index in [2.05, 4.69) is 46.1 Å². The molecule has 6 heteroatoms. The van der Waals surface area contributed by atoms with Crippen molar-refractivity contribution in [2.75, 3.05) is 7.11 Å². The standard InChI is InChI=1S/C26H27N5O/c1-19-17-30(18-27-19)23-12-10-21(16-24(23)32-2)11-13-25-28-26-22(9-6-14-31(26)29-25)15-20-7-4-3-5-8-20/h3-5,7-8,10-13,16-18,22H,6,9,14-15H2,1-2H3. The predicted molar refractivity (Wildman–Crippen MR) is 126 cm³/mol. The van der Waals surface area contributed by atoms with Crippen LogP contribution in [0.5, 0.6) is 5.75 Å². The summed E-state index contributed by atoms with van der Waals surface area (Å²) in [5.41, 5.74) is 4.32. The molecule has 0 bridgehead atoms. The Bertz CT molecular complexity index is 1240. The van der Waals surface area contributed by atoms with Gasteiger partial charge < -0.3 is 9.30 Å². The minimum Gasteiger partial charge on any atom is -0.495 e. The Morgan fingerprint density at radius 3 is 2.78 bits per heavy atom. The van der Waals surface area contributed by atoms with Crippen LogP contribution >= 0.6 is 0 Å². The summed E-state index contributed by atoms with van der Waals surface area (Å²) in [7, 11) is 1.69. The van der Waals surface area contributed by atoms with Crippen molar-refractivity contribution in [3.8, 4) is 11.4 Å². The molecule has 32 heavy (non-hydrogen) atoms. The van der Waals surface area contributed by atoms with Crippen molar-refractivity contribution < 1.29 is 4.74 Å². The minimum absolute atomic E-state index is 0.416. The summed E-state index contributed by atoms with van der Waals surface area (Å²) in [6, 6.07) is 16.8. The molecule has 6 nitrogen and oxygen atoms in total. The van der Waals surface area contributed by atoms with Crippen LogP contribution in [0.4, 0.5) is 0 Å². The van der Waals surface area contributed by atoms with Gasteiger partial charge in [-0.05, 0) is 55.5 Å². The van der Waals surface area contributed by atoms with Gasteiger partial charge in [0.05, 0.1) is 24.8 Å². The number of ether oxygens (including phenoxy) is 1. The van der Waals surface area contributed by atoms with E-state index < -0.39 is 0 Å². The van der Waals surface area contributed by atoms with Crippen molar-refractivity contribution in [2.24, 2.45) is 0 Å². The molecule has 1 aliphatic heterocycles. The molecule has 0 amide bonds. The van der Waals surface area contributed by atoms with Gasteiger partial charge in [-0.3, -0.25) is 0 Å². The lowest BCUT2D eigenvalue weighted by atomic mass is 9.92. The molecule has 0 spiro atoms. The third kappa shape index (κ3) is 4.21. The molecule has 0 saturated heterocycles. The largest absolute Gasteiger partial charge is 0.495 e. The number of nitrogens with zero attached hydrogens (tertiary/aromatic N) is 5. The van der Waals surface area contributed by atoms with E-state index in [0.29, 0.717) is 5.92 Å². The zero-order valence-electron chi connectivity index (χ0n) is 18.5. The fourth-order valence-electron chi connectivity index (χ4n) is 4.35. The summed E-state index contributed by atoms with van der Waals surface area (Å²) < 4.78 is 9.68. The molecule has 0 aliphatic carbocycles. The number of hydrogen-bond acceptors (Lipinski definition) is 4. The van der Waals surface area contributed by atoms with Gasteiger partial charge in [0.2, 0.25) is 0 Å². The first-order chi connectivity index (χ1) is 15.7. The molecular formula is C26H27N5O. The molecule has 2 aromatic carbocycles. The summed E-state index contributed by atoms with van der Waals surface area (Å²) in [5, 5.41) is 4.74. The molecule has 162 valence electrons. The van der Waals surface area contributed by atoms with E-state index >= 15 is 0 Å². The fraction of sp³-hybridized carbons (Fsp3) is 0.269. The van der Waals surface area contributed by atoms with Gasteiger partial charge in [0, 0.05) is 18.7 Å². The Balaban J connectivity index is 1.36. The monoisotopic (exact) mass is 425 g/mol. The molecule has 1 atom stereocenters. The molecule has 5 rings (SSSR count). The summed E-state index contributed by atoms with van der Waals surface area (Å²) in [6.07, 6.45) is 11.1. The third-order valence-corrected chi connectivity index (χ3v) is 5.95. The minimum atomic E-state index is 0.416. The molecule has 0 radical (unpaired) electrons. The predicted octanol–water partition coefficient (Wildman–Crippen LogP) is 5.07. The Morgan fingerprint density at radius 2 is 2.00 bits per heavy atom. The summed E-state index contributed by atoms with van der Waals surface area (Å²) >= 11 is 0. The number of fused-ring (bicyclic) bond motifs is 1. The van der Waals surface area contributed by atoms with Crippen LogP contribution in [0.25, 0.3) is 17.8 Å². The number of hydrogen-bond donors (Lipinski definition) is 0. The van der Waals surface area contributed by atoms with Gasteiger partial charge in [-0.2, -0.15) is 5.10 Å². The van der Waals surface area contributed by atoms with E-state index in [0.717, 1.165) is 60.2 Å². The summed E-state index contributed by atoms with van der Waals surface area (Å²) in [6.45, 7) is 2.91. The van der Waals surface area contributed by atoms with E-state index in [1.165, 1.54) is 5.56 Å². The highest BCUT2D eigenvalue weighted by molar-refractivity contribution is 5.69. The van der Waals surface area contributed by atoms with Crippen LogP contribution in [0.1, 0.15) is 47.2 Å². The maximum absolute atomic E-state index is 5.62. The van der Waals surface area contributed by atoms with Crippen LogP contribution in [-0.4, -0.2) is 31.4 Å². The first-order valence-electron chi connectivity index (χ1n) is 11.1. The van der Waals surface area contributed by atoms with Gasteiger partial charge in [0.25, 0.3) is 0 Å². The average Bonchev–Trinajstić information content (AvgIpc) is 3.44. The van der Waals surface area contributed by atoms with Crippen molar-refractivity contribution in [2.45, 2.75) is 38.6 Å². The van der Waals surface area contributed by atoms with Crippen molar-refractivity contribution >= 4 is 12.2 Å². The number of benzene rings is 2. The van der Waals surface area contributed by atoms with Gasteiger partial charge in [0.1, 0.15) is 11.6 Å². The highest BCUT2D eigenvalue weighted by Crippen LogP contribution is 2.30. The van der Waals surface area contributed by atoms with Crippen LogP contribution in [0.15, 0.2) is 61.1 Å². The number of imidazole rings is 1. The number of aryl methyl sites for hydroxylation is 2. The van der Waals surface area contributed by atoms with Gasteiger partial charge in [-0.1, -0.05) is 42.5 Å². The normalized spacial score (nSPS) is 15.8. The smallest absolute Gasteiger partial charge is 0.174 e. The lowest BCUT2D eigenvalue weighted by Crippen LogP contribution is -2.18. The van der Waals surface area contributed by atoms with Gasteiger partial charge in [-0.25, -0.2) is 14.6 Å². The first-order valence-corrected chi connectivity index (χ1v) is 11.1. The summed E-state index contributed by atoms with van der Waals surface area (Å²) in [4.78, 5) is 9.18. The van der Waals surface area contributed by atoms with E-state index in [9.17, 15) is 0 Å². The van der Waals surface area contributed by atoms with Crippen LogP contribution in [0, 0.1) is 6.92 Å². The van der Waals surface area contributed by atoms with Crippen molar-refractivity contribution in [1.29, 1.82) is 0 Å². The van der Waals surface area contributed by atoms with E-state index in [1.807, 2.05) is 42.0 Å². The molecular weight excluding hydrogens is 398 g/mol. The fourth-order valence-corrected chi connectivity index (χ4v) is 4.35. The number of methoxy groups -OCH3 is 1. The highest BCUT2D eigenvalue weighted by atomic mass is 16.5. The quantitative estimate of drug-likeness (QED) is 0.433. The molecule has 0 fully saturated rings. The lowest BCUT2D eigenvalue weighted by molar-refractivity contribution is 0.413. The van der Waals surface area contributed by atoms with Gasteiger partial charge in [0.15, 0.2) is 5.82 Å².